The zero-order chi connectivity index (χ0) is 21.7. The normalized spacial score (nSPS) is 11.6. The second-order valence-electron chi connectivity index (χ2n) is 6.13. The van der Waals surface area contributed by atoms with E-state index in [9.17, 15) is 23.2 Å². The topological polar surface area (TPSA) is 75.3 Å². The third kappa shape index (κ3) is 4.89. The van der Waals surface area contributed by atoms with Crippen molar-refractivity contribution in [3.05, 3.63) is 77.6 Å². The van der Waals surface area contributed by atoms with Crippen LogP contribution in [0.2, 0.25) is 0 Å². The minimum atomic E-state index is -4.47. The number of methoxy groups -OCH3 is 1. The van der Waals surface area contributed by atoms with Crippen LogP contribution in [-0.2, 0) is 11.0 Å². The quantitative estimate of drug-likeness (QED) is 0.442. The number of ether oxygens (including phenoxy) is 1. The standard InChI is InChI=1S/C22H15F3N2O3/c1-29-18-7-5-17(6-8-18)27-21(28)15(13-26)12-19-9-10-20(30-19)14-3-2-4-16(11-14)22(23,24)25/h2-12H,1H3,(H,27,28)/b15-12-. The molecule has 0 aliphatic rings. The molecule has 0 spiro atoms. The molecule has 8 heteroatoms. The number of nitriles is 1. The van der Waals surface area contributed by atoms with E-state index in [-0.39, 0.29) is 22.7 Å². The Kier molecular flexibility index (Phi) is 5.93. The zero-order valence-corrected chi connectivity index (χ0v) is 15.7. The number of nitrogens with one attached hydrogen (secondary N) is 1. The maximum absolute atomic E-state index is 12.9. The third-order valence-electron chi connectivity index (χ3n) is 4.10. The van der Waals surface area contributed by atoms with Crippen LogP contribution in [0.25, 0.3) is 17.4 Å². The summed E-state index contributed by atoms with van der Waals surface area (Å²) in [5.74, 6) is 0.297. The SMILES string of the molecule is COc1ccc(NC(=O)/C(C#N)=C\c2ccc(-c3cccc(C(F)(F)F)c3)o2)cc1. The Morgan fingerprint density at radius 1 is 1.13 bits per heavy atom. The van der Waals surface area contributed by atoms with Gasteiger partial charge in [-0.25, -0.2) is 0 Å². The molecule has 0 aliphatic heterocycles. The minimum absolute atomic E-state index is 0.156. The molecule has 0 unspecified atom stereocenters. The van der Waals surface area contributed by atoms with Crippen LogP contribution in [0.3, 0.4) is 0 Å². The first-order valence-corrected chi connectivity index (χ1v) is 8.65. The first-order chi connectivity index (χ1) is 14.3. The van der Waals surface area contributed by atoms with E-state index in [1.54, 1.807) is 30.3 Å². The van der Waals surface area contributed by atoms with E-state index in [0.717, 1.165) is 12.1 Å². The van der Waals surface area contributed by atoms with E-state index < -0.39 is 17.6 Å². The highest BCUT2D eigenvalue weighted by Gasteiger charge is 2.30. The number of amides is 1. The monoisotopic (exact) mass is 412 g/mol. The summed E-state index contributed by atoms with van der Waals surface area (Å²) in [7, 11) is 1.51. The van der Waals surface area contributed by atoms with Gasteiger partial charge in [-0.05, 0) is 48.5 Å². The van der Waals surface area contributed by atoms with Crippen LogP contribution in [0.5, 0.6) is 5.75 Å². The molecule has 152 valence electrons. The lowest BCUT2D eigenvalue weighted by molar-refractivity contribution is -0.137. The fraction of sp³-hybridized carbons (Fsp3) is 0.0909. The molecule has 5 nitrogen and oxygen atoms in total. The molecule has 0 radical (unpaired) electrons. The predicted molar refractivity (Wildman–Crippen MR) is 104 cm³/mol. The zero-order valence-electron chi connectivity index (χ0n) is 15.7. The number of carbonyl (C=O) groups excluding carboxylic acids is 1. The minimum Gasteiger partial charge on any atom is -0.497 e. The largest absolute Gasteiger partial charge is 0.497 e. The highest BCUT2D eigenvalue weighted by molar-refractivity contribution is 6.09. The molecule has 0 saturated carbocycles. The maximum Gasteiger partial charge on any atom is 0.416 e. The number of hydrogen-bond donors (Lipinski definition) is 1. The van der Waals surface area contributed by atoms with Crippen molar-refractivity contribution in [3.8, 4) is 23.1 Å². The maximum atomic E-state index is 12.9. The van der Waals surface area contributed by atoms with Crippen LogP contribution in [0.1, 0.15) is 11.3 Å². The van der Waals surface area contributed by atoms with Gasteiger partial charge in [0.2, 0.25) is 0 Å². The van der Waals surface area contributed by atoms with E-state index >= 15 is 0 Å². The van der Waals surface area contributed by atoms with E-state index in [4.69, 9.17) is 9.15 Å². The van der Waals surface area contributed by atoms with Gasteiger partial charge in [-0.3, -0.25) is 4.79 Å². The summed E-state index contributed by atoms with van der Waals surface area (Å²) in [5.41, 5.74) is -0.336. The summed E-state index contributed by atoms with van der Waals surface area (Å²) in [6, 6.07) is 15.9. The van der Waals surface area contributed by atoms with Crippen LogP contribution in [0.15, 0.2) is 70.7 Å². The van der Waals surface area contributed by atoms with Crippen LogP contribution < -0.4 is 10.1 Å². The van der Waals surface area contributed by atoms with Crippen molar-refractivity contribution in [2.45, 2.75) is 6.18 Å². The third-order valence-corrected chi connectivity index (χ3v) is 4.10. The summed E-state index contributed by atoms with van der Waals surface area (Å²) >= 11 is 0. The number of nitrogens with zero attached hydrogens (tertiary/aromatic N) is 1. The molecular formula is C22H15F3N2O3. The lowest BCUT2D eigenvalue weighted by Gasteiger charge is -2.07. The number of anilines is 1. The molecule has 0 bridgehead atoms. The number of furan rings is 1. The smallest absolute Gasteiger partial charge is 0.416 e. The fourth-order valence-electron chi connectivity index (χ4n) is 2.60. The average Bonchev–Trinajstić information content (AvgIpc) is 3.20. The number of benzene rings is 2. The molecule has 0 aliphatic carbocycles. The Morgan fingerprint density at radius 3 is 2.50 bits per heavy atom. The van der Waals surface area contributed by atoms with E-state index in [2.05, 4.69) is 5.32 Å². The second kappa shape index (κ2) is 8.57. The fourth-order valence-corrected chi connectivity index (χ4v) is 2.60. The van der Waals surface area contributed by atoms with Gasteiger partial charge < -0.3 is 14.5 Å². The molecular weight excluding hydrogens is 397 g/mol. The van der Waals surface area contributed by atoms with E-state index in [1.165, 1.54) is 37.5 Å². The van der Waals surface area contributed by atoms with Gasteiger partial charge in [0.05, 0.1) is 12.7 Å². The Morgan fingerprint density at radius 2 is 1.87 bits per heavy atom. The molecule has 3 aromatic rings. The molecule has 0 atom stereocenters. The summed E-state index contributed by atoms with van der Waals surface area (Å²) in [6.07, 6.45) is -3.26. The highest BCUT2D eigenvalue weighted by Crippen LogP contribution is 2.32. The van der Waals surface area contributed by atoms with Gasteiger partial charge in [0.15, 0.2) is 0 Å². The lowest BCUT2D eigenvalue weighted by atomic mass is 10.1. The molecule has 0 saturated heterocycles. The second-order valence-corrected chi connectivity index (χ2v) is 6.13. The average molecular weight is 412 g/mol. The molecule has 1 amide bonds. The number of hydrogen-bond acceptors (Lipinski definition) is 4. The van der Waals surface area contributed by atoms with Gasteiger partial charge in [0, 0.05) is 17.3 Å². The first kappa shape index (κ1) is 20.7. The van der Waals surface area contributed by atoms with E-state index in [1.807, 2.05) is 0 Å². The number of halogens is 3. The van der Waals surface area contributed by atoms with E-state index in [0.29, 0.717) is 11.4 Å². The van der Waals surface area contributed by atoms with Crippen molar-refractivity contribution in [1.82, 2.24) is 0 Å². The molecule has 30 heavy (non-hydrogen) atoms. The molecule has 0 fully saturated rings. The number of alkyl halides is 3. The van der Waals surface area contributed by atoms with Gasteiger partial charge >= 0.3 is 6.18 Å². The Bertz CT molecular complexity index is 1120. The summed E-state index contributed by atoms with van der Waals surface area (Å²) < 4.78 is 49.2. The van der Waals surface area contributed by atoms with Crippen molar-refractivity contribution < 1.29 is 27.1 Å². The molecule has 2 aromatic carbocycles. The number of rotatable bonds is 5. The van der Waals surface area contributed by atoms with Crippen LogP contribution in [0, 0.1) is 11.3 Å². The van der Waals surface area contributed by atoms with Gasteiger partial charge in [-0.2, -0.15) is 18.4 Å². The Balaban J connectivity index is 1.79. The first-order valence-electron chi connectivity index (χ1n) is 8.65. The van der Waals surface area contributed by atoms with Crippen molar-refractivity contribution in [2.24, 2.45) is 0 Å². The Labute approximate surface area is 170 Å². The van der Waals surface area contributed by atoms with Gasteiger partial charge in [0.1, 0.15) is 28.9 Å². The molecule has 3 rings (SSSR count). The number of carbonyl (C=O) groups is 1. The van der Waals surface area contributed by atoms with Gasteiger partial charge in [-0.15, -0.1) is 0 Å². The Hall–Kier alpha value is -3.99. The van der Waals surface area contributed by atoms with Crippen LogP contribution in [-0.4, -0.2) is 13.0 Å². The summed E-state index contributed by atoms with van der Waals surface area (Å²) in [5, 5.41) is 11.9. The summed E-state index contributed by atoms with van der Waals surface area (Å²) in [6.45, 7) is 0. The van der Waals surface area contributed by atoms with Crippen molar-refractivity contribution in [1.29, 1.82) is 5.26 Å². The lowest BCUT2D eigenvalue weighted by Crippen LogP contribution is -2.13. The summed E-state index contributed by atoms with van der Waals surface area (Å²) in [4.78, 5) is 12.3. The molecule has 1 aromatic heterocycles. The van der Waals surface area contributed by atoms with Gasteiger partial charge in [-0.1, -0.05) is 12.1 Å². The predicted octanol–water partition coefficient (Wildman–Crippen LogP) is 5.52. The van der Waals surface area contributed by atoms with Crippen molar-refractivity contribution >= 4 is 17.7 Å². The van der Waals surface area contributed by atoms with Crippen LogP contribution in [0.4, 0.5) is 18.9 Å². The highest BCUT2D eigenvalue weighted by atomic mass is 19.4. The van der Waals surface area contributed by atoms with Crippen molar-refractivity contribution in [3.63, 3.8) is 0 Å². The molecule has 1 heterocycles. The van der Waals surface area contributed by atoms with Crippen molar-refractivity contribution in [2.75, 3.05) is 12.4 Å². The van der Waals surface area contributed by atoms with Gasteiger partial charge in [0.25, 0.3) is 5.91 Å². The van der Waals surface area contributed by atoms with Crippen LogP contribution >= 0.6 is 0 Å². The molecule has 1 N–H and O–H groups in total.